The van der Waals surface area contributed by atoms with E-state index in [4.69, 9.17) is 10.5 Å². The lowest BCUT2D eigenvalue weighted by Crippen LogP contribution is -2.49. The largest absolute Gasteiger partial charge is 0.489 e. The molecule has 1 saturated heterocycles. The summed E-state index contributed by atoms with van der Waals surface area (Å²) >= 11 is 0. The normalized spacial score (nSPS) is 28.7. The monoisotopic (exact) mass is 355 g/mol. The van der Waals surface area contributed by atoms with Crippen LogP contribution in [0.25, 0.3) is 0 Å². The van der Waals surface area contributed by atoms with Crippen molar-refractivity contribution in [2.24, 2.45) is 5.73 Å². The molecule has 0 radical (unpaired) electrons. The van der Waals surface area contributed by atoms with Crippen LogP contribution < -0.4 is 15.8 Å². The van der Waals surface area contributed by atoms with Gasteiger partial charge >= 0.3 is 0 Å². The van der Waals surface area contributed by atoms with Crippen LogP contribution in [0.15, 0.2) is 30.5 Å². The fourth-order valence-corrected chi connectivity index (χ4v) is 4.15. The Morgan fingerprint density at radius 3 is 2.77 bits per heavy atom. The first-order valence-corrected chi connectivity index (χ1v) is 9.37. The molecule has 2 fully saturated rings. The van der Waals surface area contributed by atoms with E-state index in [0.29, 0.717) is 24.9 Å². The van der Waals surface area contributed by atoms with Gasteiger partial charge in [0.2, 0.25) is 5.91 Å². The van der Waals surface area contributed by atoms with E-state index in [0.717, 1.165) is 42.7 Å². The maximum absolute atomic E-state index is 12.7. The number of nitrogens with two attached hydrogens (primary N) is 1. The zero-order chi connectivity index (χ0) is 18.3. The molecule has 0 aromatic heterocycles. The highest BCUT2D eigenvalue weighted by molar-refractivity contribution is 6.01. The Kier molecular flexibility index (Phi) is 4.44. The average Bonchev–Trinajstić information content (AvgIpc) is 2.93. The van der Waals surface area contributed by atoms with Crippen LogP contribution in [0.1, 0.15) is 54.4 Å². The van der Waals surface area contributed by atoms with Gasteiger partial charge in [0.25, 0.3) is 5.91 Å². The molecule has 1 aliphatic carbocycles. The molecule has 0 bridgehead atoms. The highest BCUT2D eigenvalue weighted by Gasteiger charge is 2.38. The summed E-state index contributed by atoms with van der Waals surface area (Å²) in [5, 5.41) is 2.76. The zero-order valence-corrected chi connectivity index (χ0v) is 14.9. The number of nitrogens with one attached hydrogen (secondary N) is 1. The predicted octanol–water partition coefficient (Wildman–Crippen LogP) is 2.08. The number of fused-ring (bicyclic) bond motifs is 1. The molecule has 2 amide bonds. The summed E-state index contributed by atoms with van der Waals surface area (Å²) in [6.07, 6.45) is 5.60. The van der Waals surface area contributed by atoms with Crippen LogP contribution in [0.5, 0.6) is 5.75 Å². The molecular formula is C20H25N3O3. The van der Waals surface area contributed by atoms with E-state index >= 15 is 0 Å². The highest BCUT2D eigenvalue weighted by Crippen LogP contribution is 2.32. The maximum atomic E-state index is 12.7. The van der Waals surface area contributed by atoms with Crippen molar-refractivity contribution in [2.75, 3.05) is 0 Å². The van der Waals surface area contributed by atoms with Crippen molar-refractivity contribution < 1.29 is 14.3 Å². The van der Waals surface area contributed by atoms with Gasteiger partial charge in [-0.1, -0.05) is 13.0 Å². The minimum absolute atomic E-state index is 0.0325. The first-order chi connectivity index (χ1) is 12.5. The fraction of sp³-hybridized carbons (Fsp3) is 0.500. The molecule has 1 unspecified atom stereocenters. The van der Waals surface area contributed by atoms with E-state index in [-0.39, 0.29) is 24.0 Å². The van der Waals surface area contributed by atoms with Crippen LogP contribution in [0.3, 0.4) is 0 Å². The van der Waals surface area contributed by atoms with Gasteiger partial charge in [-0.25, -0.2) is 0 Å². The van der Waals surface area contributed by atoms with Crippen molar-refractivity contribution in [3.05, 3.63) is 41.6 Å². The van der Waals surface area contributed by atoms with Gasteiger partial charge in [0, 0.05) is 23.8 Å². The topological polar surface area (TPSA) is 84.7 Å². The molecule has 1 aromatic rings. The van der Waals surface area contributed by atoms with Gasteiger partial charge in [0.1, 0.15) is 17.9 Å². The number of piperidine rings is 1. The minimum atomic E-state index is -0.434. The molecule has 1 aromatic carbocycles. The van der Waals surface area contributed by atoms with Crippen LogP contribution >= 0.6 is 0 Å². The molecule has 2 heterocycles. The van der Waals surface area contributed by atoms with Crippen molar-refractivity contribution in [3.63, 3.8) is 0 Å². The van der Waals surface area contributed by atoms with Crippen LogP contribution in [0, 0.1) is 0 Å². The van der Waals surface area contributed by atoms with Gasteiger partial charge in [-0.3, -0.25) is 9.59 Å². The number of benzene rings is 1. The van der Waals surface area contributed by atoms with Crippen molar-refractivity contribution in [3.8, 4) is 5.75 Å². The Balaban J connectivity index is 1.49. The van der Waals surface area contributed by atoms with E-state index in [2.05, 4.69) is 11.9 Å². The molecule has 2 aliphatic heterocycles. The lowest BCUT2D eigenvalue weighted by Gasteiger charge is -2.30. The summed E-state index contributed by atoms with van der Waals surface area (Å²) in [5.41, 5.74) is 8.45. The molecule has 1 saturated carbocycles. The van der Waals surface area contributed by atoms with Crippen molar-refractivity contribution >= 4 is 11.8 Å². The number of hydrogen-bond acceptors (Lipinski definition) is 4. The number of carbonyl (C=O) groups is 2. The number of carbonyl (C=O) groups excluding carboxylic acids is 2. The summed E-state index contributed by atoms with van der Waals surface area (Å²) in [5.74, 6) is 0.517. The van der Waals surface area contributed by atoms with Crippen molar-refractivity contribution in [2.45, 2.75) is 63.3 Å². The molecule has 4 rings (SSSR count). The molecule has 3 atom stereocenters. The Morgan fingerprint density at radius 2 is 2.00 bits per heavy atom. The van der Waals surface area contributed by atoms with Crippen LogP contribution in [0.2, 0.25) is 0 Å². The van der Waals surface area contributed by atoms with Crippen molar-refractivity contribution in [1.29, 1.82) is 0 Å². The number of nitrogens with zero attached hydrogens (tertiary/aromatic N) is 1. The minimum Gasteiger partial charge on any atom is -0.489 e. The Hall–Kier alpha value is -2.34. The van der Waals surface area contributed by atoms with E-state index in [9.17, 15) is 9.59 Å². The average molecular weight is 355 g/mol. The maximum Gasteiger partial charge on any atom is 0.255 e. The number of amides is 2. The van der Waals surface area contributed by atoms with Gasteiger partial charge in [0.05, 0.1) is 0 Å². The third-order valence-electron chi connectivity index (χ3n) is 5.65. The van der Waals surface area contributed by atoms with E-state index in [1.54, 1.807) is 11.0 Å². The molecule has 26 heavy (non-hydrogen) atoms. The van der Waals surface area contributed by atoms with Gasteiger partial charge in [-0.2, -0.15) is 0 Å². The molecular weight excluding hydrogens is 330 g/mol. The van der Waals surface area contributed by atoms with Gasteiger partial charge in [-0.15, -0.1) is 0 Å². The fourth-order valence-electron chi connectivity index (χ4n) is 4.15. The number of rotatable bonds is 3. The highest BCUT2D eigenvalue weighted by atomic mass is 16.5. The van der Waals surface area contributed by atoms with E-state index < -0.39 is 6.04 Å². The smallest absolute Gasteiger partial charge is 0.255 e. The standard InChI is InChI=1S/C20H25N3O3/c1-12-6-9-17(19(24)22-12)23-11-13-10-14(7-8-15(13)20(23)25)26-18-5-3-2-4-16(18)21/h7-8,10,16-18H,1-6,9,11,21H2,(H,22,24)/t16-,17?,18-/m0/s1. The molecule has 3 N–H and O–H groups in total. The second-order valence-corrected chi connectivity index (χ2v) is 7.50. The van der Waals surface area contributed by atoms with Gasteiger partial charge in [0.15, 0.2) is 0 Å². The van der Waals surface area contributed by atoms with Crippen LogP contribution in [0.4, 0.5) is 0 Å². The first kappa shape index (κ1) is 17.1. The quantitative estimate of drug-likeness (QED) is 0.869. The third kappa shape index (κ3) is 3.09. The second kappa shape index (κ2) is 6.76. The Morgan fingerprint density at radius 1 is 1.19 bits per heavy atom. The zero-order valence-electron chi connectivity index (χ0n) is 14.9. The lowest BCUT2D eigenvalue weighted by atomic mass is 9.93. The molecule has 6 nitrogen and oxygen atoms in total. The summed E-state index contributed by atoms with van der Waals surface area (Å²) in [6.45, 7) is 4.23. The van der Waals surface area contributed by atoms with E-state index in [1.807, 2.05) is 12.1 Å². The van der Waals surface area contributed by atoms with E-state index in [1.165, 1.54) is 0 Å². The van der Waals surface area contributed by atoms with Crippen LogP contribution in [-0.2, 0) is 11.3 Å². The lowest BCUT2D eigenvalue weighted by molar-refractivity contribution is -0.126. The molecule has 3 aliphatic rings. The SMILES string of the molecule is C=C1CCC(N2Cc3cc(O[C@H]4CCCC[C@@H]4N)ccc3C2=O)C(=O)N1. The first-order valence-electron chi connectivity index (χ1n) is 9.37. The number of ether oxygens (including phenoxy) is 1. The molecule has 138 valence electrons. The third-order valence-corrected chi connectivity index (χ3v) is 5.65. The summed E-state index contributed by atoms with van der Waals surface area (Å²) in [6, 6.07) is 5.20. The summed E-state index contributed by atoms with van der Waals surface area (Å²) in [7, 11) is 0. The van der Waals surface area contributed by atoms with Crippen molar-refractivity contribution in [1.82, 2.24) is 10.2 Å². The molecule has 0 spiro atoms. The second-order valence-electron chi connectivity index (χ2n) is 7.50. The van der Waals surface area contributed by atoms with Gasteiger partial charge in [-0.05, 0) is 55.9 Å². The Labute approximate surface area is 153 Å². The Bertz CT molecular complexity index is 761. The summed E-state index contributed by atoms with van der Waals surface area (Å²) < 4.78 is 6.10. The predicted molar refractivity (Wildman–Crippen MR) is 97.5 cm³/mol. The molecule has 6 heteroatoms. The van der Waals surface area contributed by atoms with Gasteiger partial charge < -0.3 is 20.7 Å². The number of allylic oxidation sites excluding steroid dienone is 1. The summed E-state index contributed by atoms with van der Waals surface area (Å²) in [4.78, 5) is 26.6. The number of hydrogen-bond donors (Lipinski definition) is 2. The van der Waals surface area contributed by atoms with Crippen LogP contribution in [-0.4, -0.2) is 34.9 Å².